The molecule has 0 atom stereocenters. The number of rotatable bonds is 1. The highest BCUT2D eigenvalue weighted by Crippen LogP contribution is 2.22. The second-order valence-corrected chi connectivity index (χ2v) is 4.58. The highest BCUT2D eigenvalue weighted by molar-refractivity contribution is 9.10. The lowest BCUT2D eigenvalue weighted by molar-refractivity contribution is -0.119. The summed E-state index contributed by atoms with van der Waals surface area (Å²) >= 11 is 3.31. The molecule has 5 heteroatoms. The van der Waals surface area contributed by atoms with E-state index in [1.165, 1.54) is 4.90 Å². The van der Waals surface area contributed by atoms with Crippen LogP contribution in [0.2, 0.25) is 0 Å². The Labute approximate surface area is 102 Å². The van der Waals surface area contributed by atoms with Gasteiger partial charge >= 0.3 is 6.03 Å². The molecule has 0 spiro atoms. The van der Waals surface area contributed by atoms with E-state index >= 15 is 0 Å². The van der Waals surface area contributed by atoms with Gasteiger partial charge in [-0.15, -0.1) is 0 Å². The fourth-order valence-electron chi connectivity index (χ4n) is 1.59. The van der Waals surface area contributed by atoms with Crippen molar-refractivity contribution in [2.45, 2.75) is 6.42 Å². The van der Waals surface area contributed by atoms with Crippen molar-refractivity contribution in [3.8, 4) is 0 Å². The number of nitrogens with zero attached hydrogens (tertiary/aromatic N) is 2. The second kappa shape index (κ2) is 4.25. The molecule has 1 aromatic carbocycles. The first kappa shape index (κ1) is 11.1. The van der Waals surface area contributed by atoms with Crippen LogP contribution in [0.15, 0.2) is 28.7 Å². The Balaban J connectivity index is 2.34. The van der Waals surface area contributed by atoms with Crippen molar-refractivity contribution in [3.05, 3.63) is 28.7 Å². The molecule has 0 aromatic heterocycles. The number of hydrogen-bond acceptors (Lipinski definition) is 2. The van der Waals surface area contributed by atoms with Crippen molar-refractivity contribution >= 4 is 33.6 Å². The van der Waals surface area contributed by atoms with E-state index in [2.05, 4.69) is 15.9 Å². The van der Waals surface area contributed by atoms with Gasteiger partial charge in [0, 0.05) is 24.5 Å². The minimum absolute atomic E-state index is 0.148. The van der Waals surface area contributed by atoms with Gasteiger partial charge in [0.1, 0.15) is 0 Å². The maximum atomic E-state index is 11.8. The summed E-state index contributed by atoms with van der Waals surface area (Å²) in [5.74, 6) is -0.148. The van der Waals surface area contributed by atoms with Gasteiger partial charge in [0.15, 0.2) is 0 Å². The lowest BCUT2D eigenvalue weighted by Gasteiger charge is -2.31. The quantitative estimate of drug-likeness (QED) is 0.793. The predicted octanol–water partition coefficient (Wildman–Crippen LogP) is 2.24. The first-order valence-corrected chi connectivity index (χ1v) is 5.72. The van der Waals surface area contributed by atoms with Crippen LogP contribution >= 0.6 is 15.9 Å². The number of imide groups is 1. The molecule has 84 valence electrons. The van der Waals surface area contributed by atoms with E-state index < -0.39 is 0 Å². The Kier molecular flexibility index (Phi) is 2.96. The zero-order chi connectivity index (χ0) is 11.7. The topological polar surface area (TPSA) is 40.6 Å². The van der Waals surface area contributed by atoms with Gasteiger partial charge in [-0.25, -0.2) is 9.69 Å². The summed E-state index contributed by atoms with van der Waals surface area (Å²) < 4.78 is 0.918. The van der Waals surface area contributed by atoms with E-state index in [0.29, 0.717) is 18.7 Å². The van der Waals surface area contributed by atoms with Crippen molar-refractivity contribution < 1.29 is 9.59 Å². The van der Waals surface area contributed by atoms with Crippen LogP contribution in [0.1, 0.15) is 6.42 Å². The standard InChI is InChI=1S/C11H11BrN2O2/c1-13-7-6-10(15)14(11(13)16)9-4-2-8(12)3-5-9/h2-5H,6-7H2,1H3. The number of benzene rings is 1. The van der Waals surface area contributed by atoms with Crippen LogP contribution in [0.4, 0.5) is 10.5 Å². The number of halogens is 1. The SMILES string of the molecule is CN1CCC(=O)N(c2ccc(Br)cc2)C1=O. The molecular weight excluding hydrogens is 272 g/mol. The van der Waals surface area contributed by atoms with E-state index in [1.807, 2.05) is 12.1 Å². The first-order valence-electron chi connectivity index (χ1n) is 4.93. The average Bonchev–Trinajstić information content (AvgIpc) is 2.27. The Bertz CT molecular complexity index is 430. The third-order valence-electron chi connectivity index (χ3n) is 2.51. The van der Waals surface area contributed by atoms with Gasteiger partial charge in [0.25, 0.3) is 0 Å². The predicted molar refractivity (Wildman–Crippen MR) is 64.3 cm³/mol. The molecular formula is C11H11BrN2O2. The van der Waals surface area contributed by atoms with Crippen molar-refractivity contribution in [2.75, 3.05) is 18.5 Å². The lowest BCUT2D eigenvalue weighted by Crippen LogP contribution is -2.50. The Morgan fingerprint density at radius 2 is 1.81 bits per heavy atom. The van der Waals surface area contributed by atoms with E-state index in [9.17, 15) is 9.59 Å². The van der Waals surface area contributed by atoms with Gasteiger partial charge in [-0.2, -0.15) is 0 Å². The van der Waals surface area contributed by atoms with Gasteiger partial charge in [0.2, 0.25) is 5.91 Å². The number of carbonyl (C=O) groups is 2. The fourth-order valence-corrected chi connectivity index (χ4v) is 1.86. The molecule has 3 amide bonds. The summed E-state index contributed by atoms with van der Waals surface area (Å²) in [5, 5.41) is 0. The molecule has 1 aliphatic heterocycles. The molecule has 1 aromatic rings. The number of anilines is 1. The van der Waals surface area contributed by atoms with E-state index in [0.717, 1.165) is 4.47 Å². The molecule has 4 nitrogen and oxygen atoms in total. The van der Waals surface area contributed by atoms with Crippen LogP contribution in [0.25, 0.3) is 0 Å². The molecule has 1 heterocycles. The minimum atomic E-state index is -0.265. The van der Waals surface area contributed by atoms with Crippen LogP contribution in [-0.4, -0.2) is 30.4 Å². The molecule has 0 radical (unpaired) electrons. The maximum absolute atomic E-state index is 11.8. The molecule has 0 bridgehead atoms. The van der Waals surface area contributed by atoms with Crippen molar-refractivity contribution in [3.63, 3.8) is 0 Å². The highest BCUT2D eigenvalue weighted by Gasteiger charge is 2.30. The molecule has 16 heavy (non-hydrogen) atoms. The van der Waals surface area contributed by atoms with Crippen LogP contribution in [0, 0.1) is 0 Å². The van der Waals surface area contributed by atoms with Crippen molar-refractivity contribution in [1.82, 2.24) is 4.90 Å². The summed E-state index contributed by atoms with van der Waals surface area (Å²) in [4.78, 5) is 26.3. The molecule has 1 fully saturated rings. The summed E-state index contributed by atoms with van der Waals surface area (Å²) in [6.45, 7) is 0.491. The maximum Gasteiger partial charge on any atom is 0.331 e. The number of hydrogen-bond donors (Lipinski definition) is 0. The number of urea groups is 1. The van der Waals surface area contributed by atoms with Crippen molar-refractivity contribution in [2.24, 2.45) is 0 Å². The lowest BCUT2D eigenvalue weighted by atomic mass is 10.2. The molecule has 1 aliphatic rings. The van der Waals surface area contributed by atoms with Crippen LogP contribution < -0.4 is 4.90 Å². The average molecular weight is 283 g/mol. The highest BCUT2D eigenvalue weighted by atomic mass is 79.9. The molecule has 2 rings (SSSR count). The number of amides is 3. The monoisotopic (exact) mass is 282 g/mol. The summed E-state index contributed by atoms with van der Waals surface area (Å²) in [6.07, 6.45) is 0.373. The summed E-state index contributed by atoms with van der Waals surface area (Å²) in [6, 6.07) is 6.85. The Hall–Kier alpha value is -1.36. The smallest absolute Gasteiger partial charge is 0.327 e. The molecule has 0 aliphatic carbocycles. The van der Waals surface area contributed by atoms with Crippen LogP contribution in [-0.2, 0) is 4.79 Å². The fraction of sp³-hybridized carbons (Fsp3) is 0.273. The Morgan fingerprint density at radius 3 is 2.44 bits per heavy atom. The van der Waals surface area contributed by atoms with Gasteiger partial charge in [-0.1, -0.05) is 15.9 Å². The minimum Gasteiger partial charge on any atom is -0.327 e. The second-order valence-electron chi connectivity index (χ2n) is 3.66. The summed E-state index contributed by atoms with van der Waals surface area (Å²) in [7, 11) is 1.70. The molecule has 0 saturated carbocycles. The van der Waals surface area contributed by atoms with E-state index in [1.54, 1.807) is 24.1 Å². The number of carbonyl (C=O) groups excluding carboxylic acids is 2. The summed E-state index contributed by atoms with van der Waals surface area (Å²) in [5.41, 5.74) is 0.616. The Morgan fingerprint density at radius 1 is 1.19 bits per heavy atom. The third kappa shape index (κ3) is 1.95. The van der Waals surface area contributed by atoms with Gasteiger partial charge in [0.05, 0.1) is 5.69 Å². The first-order chi connectivity index (χ1) is 7.59. The normalized spacial score (nSPS) is 16.9. The van der Waals surface area contributed by atoms with Gasteiger partial charge in [-0.05, 0) is 24.3 Å². The van der Waals surface area contributed by atoms with Gasteiger partial charge in [-0.3, -0.25) is 4.79 Å². The third-order valence-corrected chi connectivity index (χ3v) is 3.04. The van der Waals surface area contributed by atoms with Gasteiger partial charge < -0.3 is 4.90 Å². The zero-order valence-corrected chi connectivity index (χ0v) is 10.4. The zero-order valence-electron chi connectivity index (χ0n) is 8.81. The van der Waals surface area contributed by atoms with Crippen molar-refractivity contribution in [1.29, 1.82) is 0 Å². The van der Waals surface area contributed by atoms with Crippen LogP contribution in [0.3, 0.4) is 0 Å². The largest absolute Gasteiger partial charge is 0.331 e. The molecule has 1 saturated heterocycles. The van der Waals surface area contributed by atoms with Crippen LogP contribution in [0.5, 0.6) is 0 Å². The molecule has 0 unspecified atom stereocenters. The molecule has 0 N–H and O–H groups in total. The van der Waals surface area contributed by atoms with E-state index in [-0.39, 0.29) is 11.9 Å². The van der Waals surface area contributed by atoms with E-state index in [4.69, 9.17) is 0 Å².